The molecule has 21 heavy (non-hydrogen) atoms. The van der Waals surface area contributed by atoms with Gasteiger partial charge in [0.25, 0.3) is 0 Å². The summed E-state index contributed by atoms with van der Waals surface area (Å²) in [5, 5.41) is 0. The summed E-state index contributed by atoms with van der Waals surface area (Å²) in [4.78, 5) is 0. The number of fused-ring (bicyclic) bond motifs is 1. The van der Waals surface area contributed by atoms with E-state index >= 15 is 0 Å². The van der Waals surface area contributed by atoms with Crippen LogP contribution in [0.25, 0.3) is 5.57 Å². The summed E-state index contributed by atoms with van der Waals surface area (Å²) in [6, 6.07) is 21.4. The molecule has 4 rings (SSSR count). The van der Waals surface area contributed by atoms with Crippen molar-refractivity contribution in [1.82, 2.24) is 0 Å². The normalized spacial score (nSPS) is 32.4. The molecule has 0 radical (unpaired) electrons. The predicted molar refractivity (Wildman–Crippen MR) is 99.4 cm³/mol. The van der Waals surface area contributed by atoms with Gasteiger partial charge in [0.1, 0.15) is 3.23 Å². The summed E-state index contributed by atoms with van der Waals surface area (Å²) >= 11 is 12.0. The maximum Gasteiger partial charge on any atom is 0.112 e. The lowest BCUT2D eigenvalue weighted by Gasteiger charge is -2.15. The zero-order valence-corrected chi connectivity index (χ0v) is 15.9. The van der Waals surface area contributed by atoms with Crippen molar-refractivity contribution in [3.8, 4) is 0 Å². The maximum absolute atomic E-state index is 4.07. The van der Waals surface area contributed by atoms with Crippen LogP contribution in [0.2, 0.25) is 0 Å². The van der Waals surface area contributed by atoms with Crippen molar-refractivity contribution in [3.63, 3.8) is 0 Å². The molecule has 2 aromatic carbocycles. The number of hydrogen-bond acceptors (Lipinski definition) is 0. The first-order chi connectivity index (χ1) is 10.1. The molecule has 2 aromatic rings. The van der Waals surface area contributed by atoms with Crippen molar-refractivity contribution in [2.45, 2.75) is 19.4 Å². The highest BCUT2D eigenvalue weighted by Crippen LogP contribution is 2.85. The summed E-state index contributed by atoms with van der Waals surface area (Å²) in [5.41, 5.74) is 4.03. The fourth-order valence-corrected chi connectivity index (χ4v) is 7.86. The molecule has 0 bridgehead atoms. The Kier molecular flexibility index (Phi) is 3.09. The third-order valence-corrected chi connectivity index (χ3v) is 10.1. The van der Waals surface area contributed by atoms with E-state index in [9.17, 15) is 0 Å². The van der Waals surface area contributed by atoms with Crippen molar-refractivity contribution < 1.29 is 0 Å². The van der Waals surface area contributed by atoms with Crippen LogP contribution in [0.15, 0.2) is 66.7 Å². The number of rotatable bonds is 2. The lowest BCUT2D eigenvalue weighted by Crippen LogP contribution is -2.14. The van der Waals surface area contributed by atoms with Gasteiger partial charge >= 0.3 is 0 Å². The predicted octanol–water partition coefficient (Wildman–Crippen LogP) is 6.05. The number of hydrogen-bond donors (Lipinski definition) is 0. The largest absolute Gasteiger partial charge is 0.112 e. The number of alkyl halides is 3. The molecule has 0 saturated heterocycles. The molecule has 0 N–H and O–H groups in total. The number of benzene rings is 2. The molecule has 2 unspecified atom stereocenters. The fraction of sp³-hybridized carbons (Fsp3) is 0.222. The monoisotopic (exact) mass is 466 g/mol. The first-order valence-electron chi connectivity index (χ1n) is 6.94. The quantitative estimate of drug-likeness (QED) is 0.471. The lowest BCUT2D eigenvalue weighted by molar-refractivity contribution is 0.713. The fourth-order valence-electron chi connectivity index (χ4n) is 3.73. The molecule has 0 spiro atoms. The minimum absolute atomic E-state index is 0.0203. The average Bonchev–Trinajstić information content (AvgIpc) is 2.78. The number of allylic oxidation sites excluding steroid dienone is 2. The van der Waals surface area contributed by atoms with Gasteiger partial charge in [-0.25, -0.2) is 0 Å². The van der Waals surface area contributed by atoms with Crippen LogP contribution < -0.4 is 0 Å². The second-order valence-electron chi connectivity index (χ2n) is 5.69. The Balaban J connectivity index is 1.86. The van der Waals surface area contributed by atoms with Gasteiger partial charge in [-0.05, 0) is 23.1 Å². The Labute approximate surface area is 150 Å². The van der Waals surface area contributed by atoms with Crippen LogP contribution in [0.5, 0.6) is 0 Å². The van der Waals surface area contributed by atoms with E-state index in [4.69, 9.17) is 0 Å². The molecule has 0 heterocycles. The minimum Gasteiger partial charge on any atom is -0.0781 e. The van der Waals surface area contributed by atoms with Gasteiger partial charge in [0.05, 0.1) is 4.32 Å². The van der Waals surface area contributed by atoms with E-state index in [0.29, 0.717) is 0 Å². The summed E-state index contributed by atoms with van der Waals surface area (Å²) < 4.78 is -0.267. The molecule has 2 aliphatic carbocycles. The smallest absolute Gasteiger partial charge is 0.0781 e. The molecule has 106 valence electrons. The van der Waals surface area contributed by atoms with Gasteiger partial charge in [-0.2, -0.15) is 0 Å². The Morgan fingerprint density at radius 3 is 1.90 bits per heavy atom. The number of halogens is 3. The Morgan fingerprint density at radius 2 is 1.33 bits per heavy atom. The zero-order chi connectivity index (χ0) is 14.7. The summed E-state index contributed by atoms with van der Waals surface area (Å²) in [6.45, 7) is 0. The van der Waals surface area contributed by atoms with Crippen LogP contribution in [-0.2, 0) is 5.41 Å². The van der Waals surface area contributed by atoms with Crippen molar-refractivity contribution >= 4 is 53.4 Å². The van der Waals surface area contributed by atoms with Crippen LogP contribution in [-0.4, -0.2) is 7.56 Å². The molecule has 0 nitrogen and oxygen atoms in total. The zero-order valence-electron chi connectivity index (χ0n) is 11.2. The summed E-state index contributed by atoms with van der Waals surface area (Å²) in [5.74, 6) is 0. The summed E-state index contributed by atoms with van der Waals surface area (Å²) in [7, 11) is 0. The van der Waals surface area contributed by atoms with Gasteiger partial charge in [-0.3, -0.25) is 0 Å². The molecule has 1 fully saturated rings. The first kappa shape index (κ1) is 14.2. The molecule has 3 heteroatoms. The van der Waals surface area contributed by atoms with E-state index in [1.807, 2.05) is 0 Å². The molecule has 0 aliphatic heterocycles. The van der Waals surface area contributed by atoms with Gasteiger partial charge in [0.2, 0.25) is 0 Å². The van der Waals surface area contributed by atoms with Gasteiger partial charge in [-0.15, -0.1) is 0 Å². The lowest BCUT2D eigenvalue weighted by atomic mass is 9.92. The topological polar surface area (TPSA) is 0 Å². The molecule has 0 amide bonds. The maximum atomic E-state index is 4.07. The molecule has 2 aliphatic rings. The molecular formula is C18H13Br3. The van der Waals surface area contributed by atoms with E-state index in [0.717, 1.165) is 6.42 Å². The van der Waals surface area contributed by atoms with Crippen molar-refractivity contribution in [3.05, 3.63) is 77.9 Å². The molecule has 1 saturated carbocycles. The third-order valence-electron chi connectivity index (χ3n) is 4.83. The SMILES string of the molecule is BrC1(Br)C2(Br)C(c3ccccc3)=CCC12c1ccccc1. The van der Waals surface area contributed by atoms with Crippen LogP contribution >= 0.6 is 47.8 Å². The van der Waals surface area contributed by atoms with E-state index in [1.54, 1.807) is 0 Å². The van der Waals surface area contributed by atoms with Gasteiger partial charge in [-0.1, -0.05) is 115 Å². The van der Waals surface area contributed by atoms with E-state index in [1.165, 1.54) is 16.7 Å². The van der Waals surface area contributed by atoms with Gasteiger partial charge in [0.15, 0.2) is 0 Å². The second-order valence-corrected chi connectivity index (χ2v) is 10.3. The Bertz CT molecular complexity index is 721. The second kappa shape index (κ2) is 4.56. The highest BCUT2D eigenvalue weighted by atomic mass is 79.9. The van der Waals surface area contributed by atoms with Crippen LogP contribution in [0.3, 0.4) is 0 Å². The van der Waals surface area contributed by atoms with E-state index in [-0.39, 0.29) is 13.0 Å². The van der Waals surface area contributed by atoms with Crippen molar-refractivity contribution in [1.29, 1.82) is 0 Å². The Hall–Kier alpha value is -0.380. The molecule has 2 atom stereocenters. The summed E-state index contributed by atoms with van der Waals surface area (Å²) in [6.07, 6.45) is 3.39. The minimum atomic E-state index is -0.152. The average molecular weight is 469 g/mol. The Morgan fingerprint density at radius 1 is 0.762 bits per heavy atom. The van der Waals surface area contributed by atoms with Crippen molar-refractivity contribution in [2.24, 2.45) is 0 Å². The molecule has 0 aromatic heterocycles. The van der Waals surface area contributed by atoms with E-state index < -0.39 is 0 Å². The van der Waals surface area contributed by atoms with Crippen LogP contribution in [0, 0.1) is 0 Å². The standard InChI is InChI=1S/C18H13Br3/c19-17-15(13-7-3-1-4-8-13)11-12-16(17,18(17,20)21)14-9-5-2-6-10-14/h1-11H,12H2. The van der Waals surface area contributed by atoms with Gasteiger partial charge in [0, 0.05) is 5.41 Å². The highest BCUT2D eigenvalue weighted by molar-refractivity contribution is 9.27. The van der Waals surface area contributed by atoms with Crippen molar-refractivity contribution in [2.75, 3.05) is 0 Å². The van der Waals surface area contributed by atoms with Crippen LogP contribution in [0.1, 0.15) is 17.5 Å². The third kappa shape index (κ3) is 1.55. The molecular weight excluding hydrogens is 456 g/mol. The first-order valence-corrected chi connectivity index (χ1v) is 9.32. The highest BCUT2D eigenvalue weighted by Gasteiger charge is 2.87. The van der Waals surface area contributed by atoms with E-state index in [2.05, 4.69) is 115 Å². The van der Waals surface area contributed by atoms with Crippen LogP contribution in [0.4, 0.5) is 0 Å². The van der Waals surface area contributed by atoms with Gasteiger partial charge < -0.3 is 0 Å².